The number of nitrogens with zero attached hydrogens (tertiary/aromatic N) is 1. The van der Waals surface area contributed by atoms with Crippen LogP contribution in [0.5, 0.6) is 0 Å². The van der Waals surface area contributed by atoms with Crippen molar-refractivity contribution >= 4 is 28.2 Å². The molecule has 1 aromatic heterocycles. The number of benzene rings is 1. The topological polar surface area (TPSA) is 54.0 Å². The molecule has 0 saturated heterocycles. The van der Waals surface area contributed by atoms with E-state index in [1.807, 2.05) is 0 Å². The van der Waals surface area contributed by atoms with Crippen molar-refractivity contribution in [3.8, 4) is 0 Å². The molecule has 0 saturated carbocycles. The number of urea groups is 1. The van der Waals surface area contributed by atoms with E-state index in [9.17, 15) is 18.0 Å². The zero-order chi connectivity index (χ0) is 16.4. The molecule has 1 heterocycles. The van der Waals surface area contributed by atoms with Gasteiger partial charge in [-0.15, -0.1) is 11.3 Å². The van der Waals surface area contributed by atoms with E-state index in [0.717, 1.165) is 42.3 Å². The summed E-state index contributed by atoms with van der Waals surface area (Å²) < 4.78 is 38.7. The minimum absolute atomic E-state index is 0.279. The number of alkyl halides is 3. The van der Waals surface area contributed by atoms with Crippen molar-refractivity contribution in [1.82, 2.24) is 4.98 Å². The molecular weight excluding hydrogens is 327 g/mol. The first-order chi connectivity index (χ1) is 10.9. The quantitative estimate of drug-likeness (QED) is 0.833. The van der Waals surface area contributed by atoms with Gasteiger partial charge in [-0.05, 0) is 37.8 Å². The molecule has 3 rings (SSSR count). The van der Waals surface area contributed by atoms with Crippen molar-refractivity contribution in [2.45, 2.75) is 31.9 Å². The minimum Gasteiger partial charge on any atom is -0.307 e. The van der Waals surface area contributed by atoms with Gasteiger partial charge in [-0.2, -0.15) is 13.2 Å². The number of rotatable bonds is 2. The Kier molecular flexibility index (Phi) is 4.25. The van der Waals surface area contributed by atoms with Gasteiger partial charge in [-0.25, -0.2) is 9.78 Å². The van der Waals surface area contributed by atoms with Crippen molar-refractivity contribution in [3.05, 3.63) is 40.4 Å². The van der Waals surface area contributed by atoms with Gasteiger partial charge in [-0.3, -0.25) is 5.32 Å². The van der Waals surface area contributed by atoms with Crippen molar-refractivity contribution < 1.29 is 18.0 Å². The lowest BCUT2D eigenvalue weighted by Gasteiger charge is -2.13. The third-order valence-corrected chi connectivity index (χ3v) is 4.62. The first kappa shape index (κ1) is 15.8. The molecule has 4 nitrogen and oxygen atoms in total. The highest BCUT2D eigenvalue weighted by molar-refractivity contribution is 7.15. The van der Waals surface area contributed by atoms with Crippen LogP contribution in [0.1, 0.15) is 29.0 Å². The molecule has 122 valence electrons. The molecule has 1 aliphatic rings. The van der Waals surface area contributed by atoms with Crippen molar-refractivity contribution in [1.29, 1.82) is 0 Å². The van der Waals surface area contributed by atoms with Gasteiger partial charge in [0.1, 0.15) is 0 Å². The van der Waals surface area contributed by atoms with Crippen LogP contribution in [-0.4, -0.2) is 11.0 Å². The van der Waals surface area contributed by atoms with Crippen LogP contribution < -0.4 is 10.6 Å². The van der Waals surface area contributed by atoms with Crippen molar-refractivity contribution in [3.63, 3.8) is 0 Å². The summed E-state index contributed by atoms with van der Waals surface area (Å²) in [4.78, 5) is 17.4. The second-order valence-electron chi connectivity index (χ2n) is 5.22. The molecule has 0 bridgehead atoms. The van der Waals surface area contributed by atoms with E-state index in [4.69, 9.17) is 0 Å². The Morgan fingerprint density at radius 3 is 2.61 bits per heavy atom. The fraction of sp³-hybridized carbons (Fsp3) is 0.333. The fourth-order valence-corrected chi connectivity index (χ4v) is 3.54. The standard InChI is InChI=1S/C15H14F3N3OS/c16-15(17,18)9-5-1-2-6-10(9)19-13(22)21-14-20-11-7-3-4-8-12(11)23-14/h1-2,5-6H,3-4,7-8H2,(H2,19,20,21,22). The summed E-state index contributed by atoms with van der Waals surface area (Å²) in [5, 5.41) is 5.17. The zero-order valence-corrected chi connectivity index (χ0v) is 12.9. The van der Waals surface area contributed by atoms with Crippen LogP contribution in [0.25, 0.3) is 0 Å². The number of carbonyl (C=O) groups excluding carboxylic acids is 1. The number of aromatic nitrogens is 1. The molecule has 0 radical (unpaired) electrons. The van der Waals surface area contributed by atoms with E-state index in [0.29, 0.717) is 5.13 Å². The smallest absolute Gasteiger partial charge is 0.307 e. The maximum absolute atomic E-state index is 12.9. The number of para-hydroxylation sites is 1. The van der Waals surface area contributed by atoms with E-state index in [1.165, 1.54) is 29.5 Å². The number of hydrogen-bond donors (Lipinski definition) is 2. The molecule has 0 atom stereocenters. The zero-order valence-electron chi connectivity index (χ0n) is 12.0. The van der Waals surface area contributed by atoms with E-state index in [1.54, 1.807) is 0 Å². The Labute approximate surface area is 134 Å². The van der Waals surface area contributed by atoms with Crippen LogP contribution in [0.3, 0.4) is 0 Å². The Balaban J connectivity index is 1.72. The molecule has 1 aromatic carbocycles. The number of halogens is 3. The highest BCUT2D eigenvalue weighted by atomic mass is 32.1. The number of anilines is 2. The summed E-state index contributed by atoms with van der Waals surface area (Å²) in [5.74, 6) is 0. The first-order valence-corrected chi connectivity index (χ1v) is 7.98. The minimum atomic E-state index is -4.52. The average Bonchev–Trinajstić information content (AvgIpc) is 2.88. The Morgan fingerprint density at radius 2 is 1.87 bits per heavy atom. The molecule has 23 heavy (non-hydrogen) atoms. The maximum Gasteiger partial charge on any atom is 0.418 e. The summed E-state index contributed by atoms with van der Waals surface area (Å²) in [5.41, 5.74) is -0.181. The summed E-state index contributed by atoms with van der Waals surface area (Å²) >= 11 is 1.38. The maximum atomic E-state index is 12.9. The highest BCUT2D eigenvalue weighted by Gasteiger charge is 2.33. The predicted octanol–water partition coefficient (Wildman–Crippen LogP) is 4.68. The van der Waals surface area contributed by atoms with Gasteiger partial charge in [0.2, 0.25) is 0 Å². The van der Waals surface area contributed by atoms with Crippen molar-refractivity contribution in [2.24, 2.45) is 0 Å². The predicted molar refractivity (Wildman–Crippen MR) is 82.8 cm³/mol. The highest BCUT2D eigenvalue weighted by Crippen LogP contribution is 2.35. The molecule has 1 aliphatic carbocycles. The van der Waals surface area contributed by atoms with E-state index >= 15 is 0 Å². The third-order valence-electron chi connectivity index (χ3n) is 3.55. The number of amides is 2. The fourth-order valence-electron chi connectivity index (χ4n) is 2.50. The molecule has 0 fully saturated rings. The van der Waals surface area contributed by atoms with Crippen LogP contribution in [0.4, 0.5) is 28.8 Å². The van der Waals surface area contributed by atoms with E-state index in [2.05, 4.69) is 15.6 Å². The summed E-state index contributed by atoms with van der Waals surface area (Å²) in [6.07, 6.45) is -0.537. The Morgan fingerprint density at radius 1 is 1.13 bits per heavy atom. The lowest BCUT2D eigenvalue weighted by Crippen LogP contribution is -2.21. The second kappa shape index (κ2) is 6.19. The van der Waals surface area contributed by atoms with Gasteiger partial charge in [0, 0.05) is 4.88 Å². The second-order valence-corrected chi connectivity index (χ2v) is 6.30. The van der Waals surface area contributed by atoms with Gasteiger partial charge in [0.25, 0.3) is 0 Å². The monoisotopic (exact) mass is 341 g/mol. The molecule has 0 aliphatic heterocycles. The average molecular weight is 341 g/mol. The molecule has 2 amide bonds. The lowest BCUT2D eigenvalue weighted by atomic mass is 10.0. The summed E-state index contributed by atoms with van der Waals surface area (Å²) in [7, 11) is 0. The number of hydrogen-bond acceptors (Lipinski definition) is 3. The molecule has 8 heteroatoms. The lowest BCUT2D eigenvalue weighted by molar-refractivity contribution is -0.136. The first-order valence-electron chi connectivity index (χ1n) is 7.16. The number of carbonyl (C=O) groups is 1. The normalized spacial score (nSPS) is 14.2. The molecule has 2 N–H and O–H groups in total. The third kappa shape index (κ3) is 3.64. The van der Waals surface area contributed by atoms with Gasteiger partial charge in [0.05, 0.1) is 16.9 Å². The van der Waals surface area contributed by atoms with E-state index < -0.39 is 17.8 Å². The van der Waals surface area contributed by atoms with Gasteiger partial charge < -0.3 is 5.32 Å². The largest absolute Gasteiger partial charge is 0.418 e. The van der Waals surface area contributed by atoms with Gasteiger partial charge >= 0.3 is 12.2 Å². The van der Waals surface area contributed by atoms with Gasteiger partial charge in [-0.1, -0.05) is 12.1 Å². The molecule has 0 spiro atoms. The van der Waals surface area contributed by atoms with Crippen LogP contribution >= 0.6 is 11.3 Å². The van der Waals surface area contributed by atoms with Crippen molar-refractivity contribution in [2.75, 3.05) is 10.6 Å². The number of thiazole rings is 1. The number of fused-ring (bicyclic) bond motifs is 1. The summed E-state index contributed by atoms with van der Waals surface area (Å²) in [6.45, 7) is 0. The van der Waals surface area contributed by atoms with Gasteiger partial charge in [0.15, 0.2) is 5.13 Å². The van der Waals surface area contributed by atoms with Crippen LogP contribution in [0, 0.1) is 0 Å². The molecule has 0 unspecified atom stereocenters. The Hall–Kier alpha value is -2.09. The SMILES string of the molecule is O=C(Nc1nc2c(s1)CCCC2)Nc1ccccc1C(F)(F)F. The number of aryl methyl sites for hydroxylation is 2. The summed E-state index contributed by atoms with van der Waals surface area (Å²) in [6, 6.07) is 4.13. The van der Waals surface area contributed by atoms with Crippen LogP contribution in [-0.2, 0) is 19.0 Å². The van der Waals surface area contributed by atoms with Crippen LogP contribution in [0.2, 0.25) is 0 Å². The molecule has 2 aromatic rings. The Bertz CT molecular complexity index is 703. The van der Waals surface area contributed by atoms with Crippen LogP contribution in [0.15, 0.2) is 24.3 Å². The number of nitrogens with one attached hydrogen (secondary N) is 2. The molecular formula is C15H14F3N3OS. The van der Waals surface area contributed by atoms with E-state index in [-0.39, 0.29) is 5.69 Å².